The summed E-state index contributed by atoms with van der Waals surface area (Å²) in [6, 6.07) is 9.79. The van der Waals surface area contributed by atoms with E-state index in [4.69, 9.17) is 4.74 Å². The first-order chi connectivity index (χ1) is 10.7. The minimum Gasteiger partial charge on any atom is -0.383 e. The Labute approximate surface area is 131 Å². The maximum atomic E-state index is 12.1. The third-order valence-electron chi connectivity index (χ3n) is 3.16. The lowest BCUT2D eigenvalue weighted by Gasteiger charge is -2.21. The standard InChI is InChI=1S/C16H25N3O3/c1-3-19(13-14-7-5-4-6-8-14)16(21)12-18-15(20)11-17-9-10-22-2/h4-8,17H,3,9-13H2,1-2H3,(H,18,20). The molecule has 0 bridgehead atoms. The molecule has 0 saturated heterocycles. The summed E-state index contributed by atoms with van der Waals surface area (Å²) in [6.07, 6.45) is 0. The van der Waals surface area contributed by atoms with Gasteiger partial charge in [-0.25, -0.2) is 0 Å². The van der Waals surface area contributed by atoms with E-state index in [1.54, 1.807) is 12.0 Å². The van der Waals surface area contributed by atoms with Gasteiger partial charge in [-0.3, -0.25) is 9.59 Å². The predicted molar refractivity (Wildman–Crippen MR) is 85.3 cm³/mol. The third-order valence-corrected chi connectivity index (χ3v) is 3.16. The second-order valence-electron chi connectivity index (χ2n) is 4.84. The van der Waals surface area contributed by atoms with Crippen molar-refractivity contribution in [2.45, 2.75) is 13.5 Å². The number of nitrogens with zero attached hydrogens (tertiary/aromatic N) is 1. The van der Waals surface area contributed by atoms with Crippen LogP contribution in [0.3, 0.4) is 0 Å². The van der Waals surface area contributed by atoms with E-state index in [0.29, 0.717) is 26.2 Å². The monoisotopic (exact) mass is 307 g/mol. The minimum atomic E-state index is -0.194. The highest BCUT2D eigenvalue weighted by Gasteiger charge is 2.13. The number of nitrogens with one attached hydrogen (secondary N) is 2. The Morgan fingerprint density at radius 2 is 1.91 bits per heavy atom. The molecule has 1 aromatic rings. The lowest BCUT2D eigenvalue weighted by atomic mass is 10.2. The van der Waals surface area contributed by atoms with Gasteiger partial charge < -0.3 is 20.3 Å². The Morgan fingerprint density at radius 1 is 1.18 bits per heavy atom. The van der Waals surface area contributed by atoms with Gasteiger partial charge in [0.2, 0.25) is 11.8 Å². The summed E-state index contributed by atoms with van der Waals surface area (Å²) in [6.45, 7) is 4.44. The predicted octanol–water partition coefficient (Wildman–Crippen LogP) is 0.387. The van der Waals surface area contributed by atoms with Crippen LogP contribution in [0.2, 0.25) is 0 Å². The molecule has 0 aliphatic rings. The van der Waals surface area contributed by atoms with Crippen molar-refractivity contribution in [2.75, 3.05) is 39.9 Å². The number of amides is 2. The lowest BCUT2D eigenvalue weighted by Crippen LogP contribution is -2.42. The van der Waals surface area contributed by atoms with Gasteiger partial charge in [0.15, 0.2) is 0 Å². The first-order valence-electron chi connectivity index (χ1n) is 7.45. The van der Waals surface area contributed by atoms with E-state index in [2.05, 4.69) is 10.6 Å². The maximum absolute atomic E-state index is 12.1. The summed E-state index contributed by atoms with van der Waals surface area (Å²) in [5.41, 5.74) is 1.07. The van der Waals surface area contributed by atoms with Crippen molar-refractivity contribution in [2.24, 2.45) is 0 Å². The second-order valence-corrected chi connectivity index (χ2v) is 4.84. The van der Waals surface area contributed by atoms with Crippen LogP contribution in [0.15, 0.2) is 30.3 Å². The molecular weight excluding hydrogens is 282 g/mol. The number of rotatable bonds is 10. The fraction of sp³-hybridized carbons (Fsp3) is 0.500. The van der Waals surface area contributed by atoms with Crippen LogP contribution in [0.25, 0.3) is 0 Å². The molecule has 0 fully saturated rings. The van der Waals surface area contributed by atoms with E-state index in [1.807, 2.05) is 37.3 Å². The van der Waals surface area contributed by atoms with Gasteiger partial charge in [0.05, 0.1) is 19.7 Å². The zero-order chi connectivity index (χ0) is 16.2. The molecule has 0 aromatic heterocycles. The minimum absolute atomic E-state index is 0.0193. The number of methoxy groups -OCH3 is 1. The number of ether oxygens (including phenoxy) is 1. The third kappa shape index (κ3) is 7.19. The molecular formula is C16H25N3O3. The molecule has 0 heterocycles. The Balaban J connectivity index is 2.31. The summed E-state index contributed by atoms with van der Waals surface area (Å²) in [4.78, 5) is 25.4. The van der Waals surface area contributed by atoms with Gasteiger partial charge >= 0.3 is 0 Å². The van der Waals surface area contributed by atoms with Gasteiger partial charge in [-0.15, -0.1) is 0 Å². The quantitative estimate of drug-likeness (QED) is 0.613. The van der Waals surface area contributed by atoms with Crippen LogP contribution in [0.4, 0.5) is 0 Å². The molecule has 6 heteroatoms. The first-order valence-corrected chi connectivity index (χ1v) is 7.45. The summed E-state index contributed by atoms with van der Waals surface area (Å²) >= 11 is 0. The number of hydrogen-bond donors (Lipinski definition) is 2. The smallest absolute Gasteiger partial charge is 0.242 e. The maximum Gasteiger partial charge on any atom is 0.242 e. The van der Waals surface area contributed by atoms with E-state index in [1.165, 1.54) is 0 Å². The summed E-state index contributed by atoms with van der Waals surface area (Å²) in [7, 11) is 1.60. The normalized spacial score (nSPS) is 10.3. The fourth-order valence-corrected chi connectivity index (χ4v) is 1.90. The summed E-state index contributed by atoms with van der Waals surface area (Å²) < 4.78 is 4.87. The van der Waals surface area contributed by atoms with Gasteiger partial charge in [0.25, 0.3) is 0 Å². The highest BCUT2D eigenvalue weighted by atomic mass is 16.5. The number of benzene rings is 1. The summed E-state index contributed by atoms with van der Waals surface area (Å²) in [5, 5.41) is 5.56. The van der Waals surface area contributed by atoms with E-state index in [9.17, 15) is 9.59 Å². The van der Waals surface area contributed by atoms with Gasteiger partial charge in [-0.2, -0.15) is 0 Å². The van der Waals surface area contributed by atoms with Crippen LogP contribution >= 0.6 is 0 Å². The molecule has 0 aliphatic heterocycles. The number of carbonyl (C=O) groups is 2. The van der Waals surface area contributed by atoms with E-state index in [-0.39, 0.29) is 24.9 Å². The van der Waals surface area contributed by atoms with E-state index in [0.717, 1.165) is 5.56 Å². The molecule has 0 spiro atoms. The van der Waals surface area contributed by atoms with Crippen molar-refractivity contribution in [1.82, 2.24) is 15.5 Å². The Kier molecular flexibility index (Phi) is 8.86. The molecule has 0 aliphatic carbocycles. The SMILES string of the molecule is CCN(Cc1ccccc1)C(=O)CNC(=O)CNCCOC. The van der Waals surface area contributed by atoms with E-state index >= 15 is 0 Å². The zero-order valence-corrected chi connectivity index (χ0v) is 13.3. The molecule has 0 radical (unpaired) electrons. The molecule has 6 nitrogen and oxygen atoms in total. The highest BCUT2D eigenvalue weighted by Crippen LogP contribution is 2.04. The average Bonchev–Trinajstić information content (AvgIpc) is 2.55. The molecule has 0 atom stereocenters. The van der Waals surface area contributed by atoms with Crippen molar-refractivity contribution in [3.05, 3.63) is 35.9 Å². The van der Waals surface area contributed by atoms with Gasteiger partial charge in [0, 0.05) is 26.7 Å². The Hall–Kier alpha value is -1.92. The average molecular weight is 307 g/mol. The molecule has 2 amide bonds. The molecule has 122 valence electrons. The zero-order valence-electron chi connectivity index (χ0n) is 13.3. The van der Waals surface area contributed by atoms with Crippen LogP contribution in [0.5, 0.6) is 0 Å². The summed E-state index contributed by atoms with van der Waals surface area (Å²) in [5.74, 6) is -0.281. The van der Waals surface area contributed by atoms with Crippen molar-refractivity contribution in [3.63, 3.8) is 0 Å². The van der Waals surface area contributed by atoms with Crippen LogP contribution in [-0.2, 0) is 20.9 Å². The van der Waals surface area contributed by atoms with Crippen LogP contribution in [-0.4, -0.2) is 56.6 Å². The van der Waals surface area contributed by atoms with Crippen molar-refractivity contribution in [3.8, 4) is 0 Å². The second kappa shape index (κ2) is 10.8. The van der Waals surface area contributed by atoms with Gasteiger partial charge in [-0.1, -0.05) is 30.3 Å². The van der Waals surface area contributed by atoms with Gasteiger partial charge in [-0.05, 0) is 12.5 Å². The van der Waals surface area contributed by atoms with Crippen molar-refractivity contribution >= 4 is 11.8 Å². The Bertz CT molecular complexity index is 451. The van der Waals surface area contributed by atoms with Gasteiger partial charge in [0.1, 0.15) is 0 Å². The Morgan fingerprint density at radius 3 is 2.55 bits per heavy atom. The first kappa shape index (κ1) is 18.1. The molecule has 0 saturated carbocycles. The molecule has 0 unspecified atom stereocenters. The van der Waals surface area contributed by atoms with Crippen molar-refractivity contribution in [1.29, 1.82) is 0 Å². The van der Waals surface area contributed by atoms with Crippen LogP contribution < -0.4 is 10.6 Å². The van der Waals surface area contributed by atoms with E-state index < -0.39 is 0 Å². The molecule has 1 rings (SSSR count). The fourth-order valence-electron chi connectivity index (χ4n) is 1.90. The lowest BCUT2D eigenvalue weighted by molar-refractivity contribution is -0.133. The highest BCUT2D eigenvalue weighted by molar-refractivity contribution is 5.85. The van der Waals surface area contributed by atoms with Crippen molar-refractivity contribution < 1.29 is 14.3 Å². The molecule has 22 heavy (non-hydrogen) atoms. The number of likely N-dealkylation sites (N-methyl/N-ethyl adjacent to an activating group) is 1. The molecule has 2 N–H and O–H groups in total. The molecule has 1 aromatic carbocycles. The van der Waals surface area contributed by atoms with Crippen LogP contribution in [0.1, 0.15) is 12.5 Å². The van der Waals surface area contributed by atoms with Crippen LogP contribution in [0, 0.1) is 0 Å². The largest absolute Gasteiger partial charge is 0.383 e. The topological polar surface area (TPSA) is 70.7 Å². The number of carbonyl (C=O) groups excluding carboxylic acids is 2. The number of hydrogen-bond acceptors (Lipinski definition) is 4.